The summed E-state index contributed by atoms with van der Waals surface area (Å²) < 4.78 is 27.8. The van der Waals surface area contributed by atoms with E-state index >= 15 is 0 Å². The Balaban J connectivity index is 1.66. The number of piperidine rings is 1. The molecule has 4 N–H and O–H groups in total. The minimum atomic E-state index is -3.74. The van der Waals surface area contributed by atoms with Gasteiger partial charge in [0.05, 0.1) is 4.90 Å². The number of primary sulfonamides is 1. The van der Waals surface area contributed by atoms with Gasteiger partial charge in [0, 0.05) is 25.2 Å². The van der Waals surface area contributed by atoms with Crippen LogP contribution in [-0.2, 0) is 19.6 Å². The van der Waals surface area contributed by atoms with Gasteiger partial charge in [-0.05, 0) is 76.9 Å². The van der Waals surface area contributed by atoms with Crippen molar-refractivity contribution in [3.05, 3.63) is 24.3 Å². The first kappa shape index (κ1) is 24.1. The van der Waals surface area contributed by atoms with E-state index in [1.165, 1.54) is 24.3 Å². The number of sulfonamides is 1. The van der Waals surface area contributed by atoms with E-state index in [0.29, 0.717) is 31.1 Å². The largest absolute Gasteiger partial charge is 0.444 e. The van der Waals surface area contributed by atoms with E-state index in [4.69, 9.17) is 9.88 Å². The van der Waals surface area contributed by atoms with Gasteiger partial charge in [0.15, 0.2) is 0 Å². The molecule has 1 heterocycles. The SMILES string of the molecule is CC(C)(C)OC(=O)NCC1CCN(CCC(=O)Nc2ccc(S(N)(=O)=O)cc2)CC1. The number of hydrogen-bond acceptors (Lipinski definition) is 6. The monoisotopic (exact) mass is 440 g/mol. The van der Waals surface area contributed by atoms with Crippen molar-refractivity contribution >= 4 is 27.7 Å². The Bertz CT molecular complexity index is 826. The minimum Gasteiger partial charge on any atom is -0.444 e. The molecule has 0 spiro atoms. The summed E-state index contributed by atoms with van der Waals surface area (Å²) >= 11 is 0. The van der Waals surface area contributed by atoms with Crippen LogP contribution in [0, 0.1) is 5.92 Å². The lowest BCUT2D eigenvalue weighted by atomic mass is 9.97. The summed E-state index contributed by atoms with van der Waals surface area (Å²) in [5.74, 6) is 0.270. The molecule has 2 rings (SSSR count). The summed E-state index contributed by atoms with van der Waals surface area (Å²) in [7, 11) is -3.74. The molecule has 0 unspecified atom stereocenters. The molecule has 0 atom stereocenters. The van der Waals surface area contributed by atoms with E-state index in [2.05, 4.69) is 15.5 Å². The first-order chi connectivity index (χ1) is 13.9. The third-order valence-electron chi connectivity index (χ3n) is 4.76. The van der Waals surface area contributed by atoms with Crippen molar-refractivity contribution in [1.29, 1.82) is 0 Å². The van der Waals surface area contributed by atoms with Gasteiger partial charge in [-0.2, -0.15) is 0 Å². The van der Waals surface area contributed by atoms with Gasteiger partial charge >= 0.3 is 6.09 Å². The second kappa shape index (κ2) is 10.2. The molecule has 9 nitrogen and oxygen atoms in total. The van der Waals surface area contributed by atoms with Crippen LogP contribution < -0.4 is 15.8 Å². The summed E-state index contributed by atoms with van der Waals surface area (Å²) in [5.41, 5.74) is 0.0253. The van der Waals surface area contributed by atoms with Gasteiger partial charge in [0.25, 0.3) is 0 Å². The number of likely N-dealkylation sites (tertiary alicyclic amines) is 1. The van der Waals surface area contributed by atoms with Gasteiger partial charge in [-0.25, -0.2) is 18.4 Å². The van der Waals surface area contributed by atoms with Crippen LogP contribution in [0.3, 0.4) is 0 Å². The van der Waals surface area contributed by atoms with Gasteiger partial charge < -0.3 is 20.3 Å². The third kappa shape index (κ3) is 8.68. The highest BCUT2D eigenvalue weighted by Crippen LogP contribution is 2.17. The van der Waals surface area contributed by atoms with E-state index < -0.39 is 21.7 Å². The van der Waals surface area contributed by atoms with Crippen molar-refractivity contribution in [2.45, 2.75) is 50.5 Å². The van der Waals surface area contributed by atoms with Crippen LogP contribution in [0.25, 0.3) is 0 Å². The van der Waals surface area contributed by atoms with Crippen LogP contribution in [0.4, 0.5) is 10.5 Å². The molecular formula is C20H32N4O5S. The van der Waals surface area contributed by atoms with Crippen molar-refractivity contribution in [2.24, 2.45) is 11.1 Å². The van der Waals surface area contributed by atoms with Crippen molar-refractivity contribution in [1.82, 2.24) is 10.2 Å². The van der Waals surface area contributed by atoms with Crippen LogP contribution in [0.5, 0.6) is 0 Å². The van der Waals surface area contributed by atoms with Crippen molar-refractivity contribution < 1.29 is 22.7 Å². The van der Waals surface area contributed by atoms with Crippen molar-refractivity contribution in [2.75, 3.05) is 31.5 Å². The fourth-order valence-corrected chi connectivity index (χ4v) is 3.68. The van der Waals surface area contributed by atoms with Crippen molar-refractivity contribution in [3.8, 4) is 0 Å². The van der Waals surface area contributed by atoms with E-state index in [1.54, 1.807) is 0 Å². The Kier molecular flexibility index (Phi) is 8.22. The van der Waals surface area contributed by atoms with Gasteiger partial charge in [-0.3, -0.25) is 4.79 Å². The molecule has 1 aromatic rings. The van der Waals surface area contributed by atoms with Crippen LogP contribution in [0.1, 0.15) is 40.0 Å². The fourth-order valence-electron chi connectivity index (χ4n) is 3.17. The molecule has 1 aliphatic heterocycles. The lowest BCUT2D eigenvalue weighted by molar-refractivity contribution is -0.116. The maximum absolute atomic E-state index is 12.2. The Hall–Kier alpha value is -2.17. The number of anilines is 1. The van der Waals surface area contributed by atoms with E-state index in [1.807, 2.05) is 20.8 Å². The fraction of sp³-hybridized carbons (Fsp3) is 0.600. The number of carbonyl (C=O) groups is 2. The molecule has 0 aliphatic carbocycles. The molecule has 168 valence electrons. The summed E-state index contributed by atoms with van der Waals surface area (Å²) in [6.45, 7) is 8.49. The molecule has 10 heteroatoms. The van der Waals surface area contributed by atoms with Gasteiger partial charge in [-0.15, -0.1) is 0 Å². The molecule has 0 saturated carbocycles. The maximum atomic E-state index is 12.2. The standard InChI is InChI=1S/C20H32N4O5S/c1-20(2,3)29-19(26)22-14-15-8-11-24(12-9-15)13-10-18(25)23-16-4-6-17(7-5-16)30(21,27)28/h4-7,15H,8-14H2,1-3H3,(H,22,26)(H,23,25)(H2,21,27,28). The number of nitrogens with one attached hydrogen (secondary N) is 2. The number of benzene rings is 1. The molecule has 30 heavy (non-hydrogen) atoms. The smallest absolute Gasteiger partial charge is 0.407 e. The molecule has 1 fully saturated rings. The second-order valence-electron chi connectivity index (χ2n) is 8.54. The van der Waals surface area contributed by atoms with E-state index in [0.717, 1.165) is 25.9 Å². The highest BCUT2D eigenvalue weighted by atomic mass is 32.2. The average Bonchev–Trinajstić information content (AvgIpc) is 2.64. The normalized spacial score (nSPS) is 16.1. The molecule has 0 radical (unpaired) electrons. The minimum absolute atomic E-state index is 0.00419. The molecule has 1 saturated heterocycles. The Morgan fingerprint density at radius 2 is 1.77 bits per heavy atom. The van der Waals surface area contributed by atoms with Gasteiger partial charge in [-0.1, -0.05) is 0 Å². The topological polar surface area (TPSA) is 131 Å². The molecule has 0 bridgehead atoms. The van der Waals surface area contributed by atoms with Crippen LogP contribution in [0.2, 0.25) is 0 Å². The van der Waals surface area contributed by atoms with Crippen LogP contribution >= 0.6 is 0 Å². The number of carbonyl (C=O) groups excluding carboxylic acids is 2. The summed E-state index contributed by atoms with van der Waals surface area (Å²) in [4.78, 5) is 26.1. The predicted molar refractivity (Wildman–Crippen MR) is 114 cm³/mol. The Morgan fingerprint density at radius 1 is 1.17 bits per heavy atom. The van der Waals surface area contributed by atoms with Crippen LogP contribution in [0.15, 0.2) is 29.2 Å². The lowest BCUT2D eigenvalue weighted by Gasteiger charge is -2.32. The second-order valence-corrected chi connectivity index (χ2v) is 10.1. The van der Waals surface area contributed by atoms with Gasteiger partial charge in [0.2, 0.25) is 15.9 Å². The molecular weight excluding hydrogens is 408 g/mol. The molecule has 1 aromatic carbocycles. The number of ether oxygens (including phenoxy) is 1. The zero-order chi connectivity index (χ0) is 22.4. The number of rotatable bonds is 7. The highest BCUT2D eigenvalue weighted by Gasteiger charge is 2.22. The maximum Gasteiger partial charge on any atom is 0.407 e. The van der Waals surface area contributed by atoms with Crippen LogP contribution in [-0.4, -0.2) is 57.1 Å². The number of alkyl carbamates (subject to hydrolysis) is 1. The zero-order valence-corrected chi connectivity index (χ0v) is 18.6. The predicted octanol–water partition coefficient (Wildman–Crippen LogP) is 1.90. The lowest BCUT2D eigenvalue weighted by Crippen LogP contribution is -2.40. The molecule has 1 aliphatic rings. The summed E-state index contributed by atoms with van der Waals surface area (Å²) in [6, 6.07) is 5.75. The highest BCUT2D eigenvalue weighted by molar-refractivity contribution is 7.89. The first-order valence-corrected chi connectivity index (χ1v) is 11.6. The van der Waals surface area contributed by atoms with E-state index in [-0.39, 0.29) is 10.8 Å². The quantitative estimate of drug-likeness (QED) is 0.593. The van der Waals surface area contributed by atoms with E-state index in [9.17, 15) is 18.0 Å². The molecule has 0 aromatic heterocycles. The Labute approximate surface area is 178 Å². The van der Waals surface area contributed by atoms with Gasteiger partial charge in [0.1, 0.15) is 5.60 Å². The first-order valence-electron chi connectivity index (χ1n) is 10.0. The number of amides is 2. The summed E-state index contributed by atoms with van der Waals surface area (Å²) in [5, 5.41) is 10.6. The molecule has 2 amide bonds. The number of nitrogens with two attached hydrogens (primary N) is 1. The summed E-state index contributed by atoms with van der Waals surface area (Å²) in [6.07, 6.45) is 1.86. The zero-order valence-electron chi connectivity index (χ0n) is 17.8. The van der Waals surface area contributed by atoms with Crippen molar-refractivity contribution in [3.63, 3.8) is 0 Å². The Morgan fingerprint density at radius 3 is 2.30 bits per heavy atom. The number of hydrogen-bond donors (Lipinski definition) is 3. The average molecular weight is 441 g/mol. The third-order valence-corrected chi connectivity index (χ3v) is 5.69. The number of nitrogens with zero attached hydrogens (tertiary/aromatic N) is 1.